The number of nitrogens with two attached hydrogens (primary N) is 1. The summed E-state index contributed by atoms with van der Waals surface area (Å²) in [7, 11) is 0. The van der Waals surface area contributed by atoms with Crippen molar-refractivity contribution in [2.24, 2.45) is 0 Å². The molecule has 0 spiro atoms. The van der Waals surface area contributed by atoms with Crippen molar-refractivity contribution in [2.45, 2.75) is 19.9 Å². The zero-order valence-corrected chi connectivity index (χ0v) is 12.2. The number of rotatable bonds is 5. The standard InChI is InChI=1S/C15H18ClN3O/c1-2-19-10-12(16)9-14(19)15(20)18-8-7-11-3-5-13(17)6-4-11/h3-6,9-10H,2,7-8,17H2,1H3,(H,18,20). The molecule has 1 heterocycles. The first kappa shape index (κ1) is 14.5. The SMILES string of the molecule is CCn1cc(Cl)cc1C(=O)NCCc1ccc(N)cc1. The van der Waals surface area contributed by atoms with E-state index >= 15 is 0 Å². The second-order valence-corrected chi connectivity index (χ2v) is 5.01. The van der Waals surface area contributed by atoms with E-state index in [9.17, 15) is 4.79 Å². The summed E-state index contributed by atoms with van der Waals surface area (Å²) >= 11 is 5.92. The minimum absolute atomic E-state index is 0.103. The maximum atomic E-state index is 12.1. The summed E-state index contributed by atoms with van der Waals surface area (Å²) in [6.07, 6.45) is 2.53. The highest BCUT2D eigenvalue weighted by atomic mass is 35.5. The van der Waals surface area contributed by atoms with Gasteiger partial charge in [-0.15, -0.1) is 0 Å². The van der Waals surface area contributed by atoms with E-state index in [0.717, 1.165) is 17.7 Å². The van der Waals surface area contributed by atoms with Gasteiger partial charge in [-0.2, -0.15) is 0 Å². The molecule has 0 aliphatic heterocycles. The molecule has 0 bridgehead atoms. The van der Waals surface area contributed by atoms with E-state index in [2.05, 4.69) is 5.32 Å². The number of aryl methyl sites for hydroxylation is 1. The van der Waals surface area contributed by atoms with Gasteiger partial charge in [0.05, 0.1) is 5.02 Å². The van der Waals surface area contributed by atoms with Gasteiger partial charge in [0.1, 0.15) is 5.69 Å². The summed E-state index contributed by atoms with van der Waals surface area (Å²) in [6.45, 7) is 3.27. The molecule has 0 atom stereocenters. The van der Waals surface area contributed by atoms with E-state index in [1.54, 1.807) is 12.3 Å². The number of halogens is 1. The van der Waals surface area contributed by atoms with Gasteiger partial charge in [0.2, 0.25) is 0 Å². The van der Waals surface area contributed by atoms with Gasteiger partial charge in [-0.05, 0) is 37.1 Å². The van der Waals surface area contributed by atoms with Crippen LogP contribution in [0.25, 0.3) is 0 Å². The van der Waals surface area contributed by atoms with Crippen LogP contribution in [0.4, 0.5) is 5.69 Å². The van der Waals surface area contributed by atoms with Gasteiger partial charge < -0.3 is 15.6 Å². The van der Waals surface area contributed by atoms with Crippen LogP contribution in [-0.4, -0.2) is 17.0 Å². The van der Waals surface area contributed by atoms with Gasteiger partial charge in [-0.25, -0.2) is 0 Å². The van der Waals surface area contributed by atoms with Gasteiger partial charge >= 0.3 is 0 Å². The molecule has 0 fully saturated rings. The molecule has 0 unspecified atom stereocenters. The van der Waals surface area contributed by atoms with Gasteiger partial charge in [0.15, 0.2) is 0 Å². The number of nitrogens with zero attached hydrogens (tertiary/aromatic N) is 1. The number of hydrogen-bond acceptors (Lipinski definition) is 2. The Hall–Kier alpha value is -1.94. The summed E-state index contributed by atoms with van der Waals surface area (Å²) in [6, 6.07) is 9.34. The average Bonchev–Trinajstić information content (AvgIpc) is 2.82. The maximum absolute atomic E-state index is 12.1. The van der Waals surface area contributed by atoms with Gasteiger partial charge in [-0.1, -0.05) is 23.7 Å². The molecular weight excluding hydrogens is 274 g/mol. The maximum Gasteiger partial charge on any atom is 0.267 e. The smallest absolute Gasteiger partial charge is 0.267 e. The molecule has 1 aromatic carbocycles. The quantitative estimate of drug-likeness (QED) is 0.832. The van der Waals surface area contributed by atoms with Crippen molar-refractivity contribution >= 4 is 23.2 Å². The highest BCUT2D eigenvalue weighted by Gasteiger charge is 2.11. The Morgan fingerprint density at radius 1 is 1.35 bits per heavy atom. The van der Waals surface area contributed by atoms with Crippen molar-refractivity contribution in [3.05, 3.63) is 52.8 Å². The van der Waals surface area contributed by atoms with Crippen LogP contribution in [0.3, 0.4) is 0 Å². The first-order chi connectivity index (χ1) is 9.60. The van der Waals surface area contributed by atoms with Crippen molar-refractivity contribution in [3.63, 3.8) is 0 Å². The second kappa shape index (κ2) is 6.48. The third-order valence-corrected chi connectivity index (χ3v) is 3.32. The molecule has 106 valence electrons. The third-order valence-electron chi connectivity index (χ3n) is 3.12. The van der Waals surface area contributed by atoms with Crippen LogP contribution in [0.5, 0.6) is 0 Å². The van der Waals surface area contributed by atoms with E-state index in [-0.39, 0.29) is 5.91 Å². The lowest BCUT2D eigenvalue weighted by Gasteiger charge is -2.08. The fourth-order valence-electron chi connectivity index (χ4n) is 2.02. The topological polar surface area (TPSA) is 60.0 Å². The highest BCUT2D eigenvalue weighted by Crippen LogP contribution is 2.14. The molecule has 0 saturated heterocycles. The number of nitrogen functional groups attached to an aromatic ring is 1. The Balaban J connectivity index is 1.90. The van der Waals surface area contributed by atoms with Crippen molar-refractivity contribution in [3.8, 4) is 0 Å². The van der Waals surface area contributed by atoms with Crippen LogP contribution >= 0.6 is 11.6 Å². The van der Waals surface area contributed by atoms with Crippen LogP contribution in [0.1, 0.15) is 23.0 Å². The third kappa shape index (κ3) is 3.54. The molecular formula is C15H18ClN3O. The molecule has 0 aliphatic carbocycles. The summed E-state index contributed by atoms with van der Waals surface area (Å²) in [5.74, 6) is -0.103. The van der Waals surface area contributed by atoms with E-state index < -0.39 is 0 Å². The summed E-state index contributed by atoms with van der Waals surface area (Å²) in [4.78, 5) is 12.1. The zero-order chi connectivity index (χ0) is 14.5. The van der Waals surface area contributed by atoms with Crippen LogP contribution in [0, 0.1) is 0 Å². The summed E-state index contributed by atoms with van der Waals surface area (Å²) in [5, 5.41) is 3.48. The van der Waals surface area contributed by atoms with Gasteiger partial charge in [-0.3, -0.25) is 4.79 Å². The minimum Gasteiger partial charge on any atom is -0.399 e. The number of aromatic nitrogens is 1. The van der Waals surface area contributed by atoms with Crippen LogP contribution in [0.2, 0.25) is 5.02 Å². The number of nitrogens with one attached hydrogen (secondary N) is 1. The number of amides is 1. The molecule has 0 radical (unpaired) electrons. The highest BCUT2D eigenvalue weighted by molar-refractivity contribution is 6.31. The molecule has 2 rings (SSSR count). The lowest BCUT2D eigenvalue weighted by molar-refractivity contribution is 0.0945. The molecule has 1 aromatic heterocycles. The number of benzene rings is 1. The van der Waals surface area contributed by atoms with Crippen molar-refractivity contribution in [2.75, 3.05) is 12.3 Å². The molecule has 1 amide bonds. The monoisotopic (exact) mass is 291 g/mol. The van der Waals surface area contributed by atoms with Gasteiger partial charge in [0, 0.05) is 25.0 Å². The van der Waals surface area contributed by atoms with Crippen molar-refractivity contribution in [1.82, 2.24) is 9.88 Å². The van der Waals surface area contributed by atoms with E-state index in [1.165, 1.54) is 0 Å². The fraction of sp³-hybridized carbons (Fsp3) is 0.267. The summed E-state index contributed by atoms with van der Waals surface area (Å²) < 4.78 is 1.83. The van der Waals surface area contributed by atoms with Crippen LogP contribution < -0.4 is 11.1 Å². The Labute approximate surface area is 123 Å². The fourth-order valence-corrected chi connectivity index (χ4v) is 2.24. The Morgan fingerprint density at radius 2 is 2.05 bits per heavy atom. The molecule has 0 aliphatic rings. The number of carbonyl (C=O) groups is 1. The first-order valence-electron chi connectivity index (χ1n) is 6.58. The Kier molecular flexibility index (Phi) is 4.69. The number of anilines is 1. The predicted octanol–water partition coefficient (Wildman–Crippen LogP) is 2.72. The lowest BCUT2D eigenvalue weighted by atomic mass is 10.1. The Morgan fingerprint density at radius 3 is 2.70 bits per heavy atom. The molecule has 4 nitrogen and oxygen atoms in total. The zero-order valence-electron chi connectivity index (χ0n) is 11.4. The molecule has 5 heteroatoms. The van der Waals surface area contributed by atoms with E-state index in [4.69, 9.17) is 17.3 Å². The van der Waals surface area contributed by atoms with E-state index in [1.807, 2.05) is 35.8 Å². The molecule has 2 aromatic rings. The van der Waals surface area contributed by atoms with Crippen LogP contribution in [0.15, 0.2) is 36.5 Å². The van der Waals surface area contributed by atoms with Crippen molar-refractivity contribution < 1.29 is 4.79 Å². The second-order valence-electron chi connectivity index (χ2n) is 4.58. The largest absolute Gasteiger partial charge is 0.399 e. The van der Waals surface area contributed by atoms with Crippen LogP contribution in [-0.2, 0) is 13.0 Å². The molecule has 3 N–H and O–H groups in total. The number of hydrogen-bond donors (Lipinski definition) is 2. The normalized spacial score (nSPS) is 10.5. The predicted molar refractivity (Wildman–Crippen MR) is 82.0 cm³/mol. The van der Waals surface area contributed by atoms with Crippen molar-refractivity contribution in [1.29, 1.82) is 0 Å². The van der Waals surface area contributed by atoms with E-state index in [0.29, 0.717) is 23.8 Å². The average molecular weight is 292 g/mol. The van der Waals surface area contributed by atoms with Gasteiger partial charge in [0.25, 0.3) is 5.91 Å². The minimum atomic E-state index is -0.103. The summed E-state index contributed by atoms with van der Waals surface area (Å²) in [5.41, 5.74) is 8.11. The lowest BCUT2D eigenvalue weighted by Crippen LogP contribution is -2.27. The molecule has 0 saturated carbocycles. The first-order valence-corrected chi connectivity index (χ1v) is 6.96. The number of carbonyl (C=O) groups excluding carboxylic acids is 1. The molecule has 20 heavy (non-hydrogen) atoms. The Bertz CT molecular complexity index is 590.